The molecule has 2 aromatic heterocycles. The first kappa shape index (κ1) is 16.7. The van der Waals surface area contributed by atoms with Gasteiger partial charge >= 0.3 is 5.97 Å². The van der Waals surface area contributed by atoms with E-state index in [-0.39, 0.29) is 24.5 Å². The first-order valence-corrected chi connectivity index (χ1v) is 8.65. The number of rotatable bonds is 7. The number of hydrogen-bond donors (Lipinski definition) is 2. The van der Waals surface area contributed by atoms with Crippen molar-refractivity contribution in [3.8, 4) is 10.8 Å². The number of carbonyl (C=O) groups is 2. The molecule has 7 nitrogen and oxygen atoms in total. The SMILES string of the molecule is CCN(CC(=O)O)C1CC(NC(=O)c2cnc(-c3ccco3)s2)C1. The minimum absolute atomic E-state index is 0.0448. The molecule has 0 atom stereocenters. The lowest BCUT2D eigenvalue weighted by molar-refractivity contribution is -0.139. The van der Waals surface area contributed by atoms with Crippen LogP contribution in [0.5, 0.6) is 0 Å². The van der Waals surface area contributed by atoms with Crippen LogP contribution in [0.2, 0.25) is 0 Å². The van der Waals surface area contributed by atoms with Gasteiger partial charge < -0.3 is 14.8 Å². The predicted molar refractivity (Wildman–Crippen MR) is 89.0 cm³/mol. The highest BCUT2D eigenvalue weighted by molar-refractivity contribution is 7.16. The van der Waals surface area contributed by atoms with Crippen molar-refractivity contribution < 1.29 is 19.1 Å². The van der Waals surface area contributed by atoms with Crippen molar-refractivity contribution in [3.63, 3.8) is 0 Å². The Labute approximate surface area is 143 Å². The number of carbonyl (C=O) groups excluding carboxylic acids is 1. The van der Waals surface area contributed by atoms with E-state index < -0.39 is 5.97 Å². The van der Waals surface area contributed by atoms with E-state index >= 15 is 0 Å². The Bertz CT molecular complexity index is 707. The summed E-state index contributed by atoms with van der Waals surface area (Å²) < 4.78 is 5.27. The molecule has 2 N–H and O–H groups in total. The van der Waals surface area contributed by atoms with E-state index in [1.165, 1.54) is 11.3 Å². The molecule has 128 valence electrons. The first-order chi connectivity index (χ1) is 11.6. The highest BCUT2D eigenvalue weighted by Crippen LogP contribution is 2.28. The molecular formula is C16H19N3O4S. The first-order valence-electron chi connectivity index (χ1n) is 7.83. The van der Waals surface area contributed by atoms with Gasteiger partial charge in [0.1, 0.15) is 4.88 Å². The maximum Gasteiger partial charge on any atom is 0.317 e. The molecule has 0 aliphatic heterocycles. The molecule has 0 bridgehead atoms. The number of nitrogens with one attached hydrogen (secondary N) is 1. The number of carboxylic acids is 1. The standard InChI is InChI=1S/C16H19N3O4S/c1-2-19(9-14(20)21)11-6-10(7-11)18-15(22)13-8-17-16(24-13)12-4-3-5-23-12/h3-5,8,10-11H,2,6-7,9H2,1H3,(H,18,22)(H,20,21). The number of nitrogens with zero attached hydrogens (tertiary/aromatic N) is 2. The average molecular weight is 349 g/mol. The van der Waals surface area contributed by atoms with Crippen LogP contribution in [0.4, 0.5) is 0 Å². The van der Waals surface area contributed by atoms with E-state index in [2.05, 4.69) is 10.3 Å². The maximum absolute atomic E-state index is 12.3. The van der Waals surface area contributed by atoms with E-state index in [9.17, 15) is 9.59 Å². The van der Waals surface area contributed by atoms with Crippen molar-refractivity contribution in [2.45, 2.75) is 31.8 Å². The monoisotopic (exact) mass is 349 g/mol. The van der Waals surface area contributed by atoms with Gasteiger partial charge in [0.05, 0.1) is 19.0 Å². The van der Waals surface area contributed by atoms with Crippen LogP contribution in [-0.2, 0) is 4.79 Å². The zero-order valence-electron chi connectivity index (χ0n) is 13.3. The summed E-state index contributed by atoms with van der Waals surface area (Å²) in [4.78, 5) is 29.8. The minimum Gasteiger partial charge on any atom is -0.480 e. The molecule has 24 heavy (non-hydrogen) atoms. The van der Waals surface area contributed by atoms with Gasteiger partial charge in [0.15, 0.2) is 10.8 Å². The molecule has 0 radical (unpaired) electrons. The summed E-state index contributed by atoms with van der Waals surface area (Å²) in [5.74, 6) is -0.315. The molecule has 2 heterocycles. The molecule has 1 aliphatic rings. The van der Waals surface area contributed by atoms with Crippen molar-refractivity contribution in [1.82, 2.24) is 15.2 Å². The number of likely N-dealkylation sites (N-methyl/N-ethyl adjacent to an activating group) is 1. The molecule has 1 fully saturated rings. The van der Waals surface area contributed by atoms with E-state index in [0.29, 0.717) is 22.2 Å². The van der Waals surface area contributed by atoms with Crippen molar-refractivity contribution in [2.24, 2.45) is 0 Å². The Morgan fingerprint density at radius 2 is 2.29 bits per heavy atom. The summed E-state index contributed by atoms with van der Waals surface area (Å²) >= 11 is 1.29. The van der Waals surface area contributed by atoms with Crippen LogP contribution in [0.3, 0.4) is 0 Å². The third-order valence-corrected chi connectivity index (χ3v) is 5.18. The van der Waals surface area contributed by atoms with Gasteiger partial charge in [0.2, 0.25) is 0 Å². The number of aliphatic carboxylic acids is 1. The molecule has 1 aliphatic carbocycles. The van der Waals surface area contributed by atoms with Gasteiger partial charge in [0.25, 0.3) is 5.91 Å². The van der Waals surface area contributed by atoms with Crippen molar-refractivity contribution in [1.29, 1.82) is 0 Å². The number of aromatic nitrogens is 1. The Balaban J connectivity index is 1.51. The number of carboxylic acid groups (broad SMARTS) is 1. The molecule has 3 rings (SSSR count). The Morgan fingerprint density at radius 1 is 1.50 bits per heavy atom. The smallest absolute Gasteiger partial charge is 0.317 e. The van der Waals surface area contributed by atoms with Crippen LogP contribution in [0.15, 0.2) is 29.0 Å². The quantitative estimate of drug-likeness (QED) is 0.794. The average Bonchev–Trinajstić information content (AvgIpc) is 3.18. The van der Waals surface area contributed by atoms with Gasteiger partial charge in [-0.2, -0.15) is 0 Å². The van der Waals surface area contributed by atoms with Crippen molar-refractivity contribution >= 4 is 23.2 Å². The molecule has 1 saturated carbocycles. The Hall–Kier alpha value is -2.19. The fourth-order valence-corrected chi connectivity index (χ4v) is 3.61. The zero-order valence-corrected chi connectivity index (χ0v) is 14.1. The summed E-state index contributed by atoms with van der Waals surface area (Å²) in [6.45, 7) is 2.69. The van der Waals surface area contributed by atoms with Crippen LogP contribution in [0, 0.1) is 0 Å². The van der Waals surface area contributed by atoms with Gasteiger partial charge in [-0.25, -0.2) is 4.98 Å². The second-order valence-electron chi connectivity index (χ2n) is 5.76. The highest BCUT2D eigenvalue weighted by Gasteiger charge is 2.35. The maximum atomic E-state index is 12.3. The fourth-order valence-electron chi connectivity index (χ4n) is 2.83. The summed E-state index contributed by atoms with van der Waals surface area (Å²) in [5.41, 5.74) is 0. The van der Waals surface area contributed by atoms with E-state index in [1.807, 2.05) is 11.8 Å². The Kier molecular flexibility index (Phi) is 4.96. The predicted octanol–water partition coefficient (Wildman–Crippen LogP) is 2.07. The number of amides is 1. The fraction of sp³-hybridized carbons (Fsp3) is 0.438. The molecule has 8 heteroatoms. The van der Waals surface area contributed by atoms with Gasteiger partial charge in [0, 0.05) is 12.1 Å². The minimum atomic E-state index is -0.820. The second-order valence-corrected chi connectivity index (χ2v) is 6.79. The number of hydrogen-bond acceptors (Lipinski definition) is 6. The molecular weight excluding hydrogens is 330 g/mol. The number of thiazole rings is 1. The van der Waals surface area contributed by atoms with Crippen LogP contribution in [0.1, 0.15) is 29.4 Å². The molecule has 0 aromatic carbocycles. The molecule has 1 amide bonds. The van der Waals surface area contributed by atoms with Crippen LogP contribution in [0.25, 0.3) is 10.8 Å². The van der Waals surface area contributed by atoms with Crippen molar-refractivity contribution in [3.05, 3.63) is 29.5 Å². The lowest BCUT2D eigenvalue weighted by Gasteiger charge is -2.42. The van der Waals surface area contributed by atoms with Crippen LogP contribution < -0.4 is 5.32 Å². The van der Waals surface area contributed by atoms with Crippen LogP contribution in [-0.4, -0.2) is 52.0 Å². The summed E-state index contributed by atoms with van der Waals surface area (Å²) in [6, 6.07) is 3.89. The van der Waals surface area contributed by atoms with Gasteiger partial charge in [-0.3, -0.25) is 14.5 Å². The summed E-state index contributed by atoms with van der Waals surface area (Å²) in [5, 5.41) is 12.6. The number of furan rings is 1. The van der Waals surface area contributed by atoms with Gasteiger partial charge in [-0.15, -0.1) is 11.3 Å². The molecule has 0 saturated heterocycles. The lowest BCUT2D eigenvalue weighted by Crippen LogP contribution is -2.54. The normalized spacial score (nSPS) is 19.9. The zero-order chi connectivity index (χ0) is 17.1. The molecule has 2 aromatic rings. The summed E-state index contributed by atoms with van der Waals surface area (Å²) in [6.07, 6.45) is 4.67. The molecule has 0 spiro atoms. The highest BCUT2D eigenvalue weighted by atomic mass is 32.1. The van der Waals surface area contributed by atoms with E-state index in [0.717, 1.165) is 12.8 Å². The topological polar surface area (TPSA) is 95.7 Å². The largest absolute Gasteiger partial charge is 0.480 e. The third kappa shape index (κ3) is 3.65. The van der Waals surface area contributed by atoms with E-state index in [1.54, 1.807) is 24.6 Å². The van der Waals surface area contributed by atoms with Gasteiger partial charge in [-0.1, -0.05) is 6.92 Å². The van der Waals surface area contributed by atoms with Gasteiger partial charge in [-0.05, 0) is 31.5 Å². The summed E-state index contributed by atoms with van der Waals surface area (Å²) in [7, 11) is 0. The van der Waals surface area contributed by atoms with E-state index in [4.69, 9.17) is 9.52 Å². The molecule has 0 unspecified atom stereocenters. The van der Waals surface area contributed by atoms with Crippen molar-refractivity contribution in [2.75, 3.05) is 13.1 Å². The second kappa shape index (κ2) is 7.14. The third-order valence-electron chi connectivity index (χ3n) is 4.17. The lowest BCUT2D eigenvalue weighted by atomic mass is 9.85. The van der Waals surface area contributed by atoms with Crippen LogP contribution >= 0.6 is 11.3 Å². The Morgan fingerprint density at radius 3 is 2.92 bits per heavy atom.